The van der Waals surface area contributed by atoms with E-state index in [4.69, 9.17) is 4.74 Å². The van der Waals surface area contributed by atoms with Crippen molar-refractivity contribution in [1.82, 2.24) is 15.3 Å². The molecule has 2 aromatic heterocycles. The predicted octanol–water partition coefficient (Wildman–Crippen LogP) is 3.64. The molecule has 1 unspecified atom stereocenters. The zero-order valence-electron chi connectivity index (χ0n) is 23.3. The lowest BCUT2D eigenvalue weighted by molar-refractivity contribution is 0.0633. The van der Waals surface area contributed by atoms with Crippen molar-refractivity contribution in [2.45, 2.75) is 44.9 Å². The second kappa shape index (κ2) is 12.1. The zero-order valence-corrected chi connectivity index (χ0v) is 23.3. The third kappa shape index (κ3) is 5.92. The van der Waals surface area contributed by atoms with Gasteiger partial charge in [0.05, 0.1) is 53.7 Å². The van der Waals surface area contributed by atoms with E-state index in [2.05, 4.69) is 20.6 Å². The highest BCUT2D eigenvalue weighted by Gasteiger charge is 2.38. The van der Waals surface area contributed by atoms with E-state index in [-0.39, 0.29) is 36.2 Å². The van der Waals surface area contributed by atoms with E-state index in [0.29, 0.717) is 36.3 Å². The van der Waals surface area contributed by atoms with E-state index in [1.165, 1.54) is 6.20 Å². The Morgan fingerprint density at radius 2 is 1.84 bits per heavy atom. The van der Waals surface area contributed by atoms with E-state index in [1.54, 1.807) is 18.7 Å². The van der Waals surface area contributed by atoms with Gasteiger partial charge in [-0.05, 0) is 31.9 Å². The van der Waals surface area contributed by atoms with E-state index in [9.17, 15) is 38.1 Å². The van der Waals surface area contributed by atoms with Crippen LogP contribution in [0.4, 0.5) is 29.3 Å². The molecule has 43 heavy (non-hydrogen) atoms. The smallest absolute Gasteiger partial charge is 0.405 e. The van der Waals surface area contributed by atoms with Gasteiger partial charge in [-0.25, -0.2) is 22.9 Å². The molecule has 4 atom stereocenters. The number of ether oxygens (including phenoxy) is 1. The maximum atomic E-state index is 14.8. The number of aromatic nitrogens is 2. The Balaban J connectivity index is 1.50. The SMILES string of the molecule is CCOc1cc(F)c(-c2nc(C(=O)Nc3cnc4c(c3N3C[C@H](C)[C@@H](O)[C@H](NC(=O)O)C3)CCC4O)ccc2F)c(F)c1. The van der Waals surface area contributed by atoms with Crippen LogP contribution >= 0.6 is 0 Å². The lowest BCUT2D eigenvalue weighted by Gasteiger charge is -2.42. The van der Waals surface area contributed by atoms with Gasteiger partial charge in [0.1, 0.15) is 34.6 Å². The summed E-state index contributed by atoms with van der Waals surface area (Å²) in [5.41, 5.74) is -0.0703. The van der Waals surface area contributed by atoms with Crippen molar-refractivity contribution < 1.29 is 42.8 Å². The largest absolute Gasteiger partial charge is 0.494 e. The van der Waals surface area contributed by atoms with Gasteiger partial charge in [0, 0.05) is 36.7 Å². The molecule has 3 heterocycles. The molecule has 3 aromatic rings. The fourth-order valence-corrected chi connectivity index (χ4v) is 5.66. The van der Waals surface area contributed by atoms with Crippen LogP contribution in [0.15, 0.2) is 30.5 Å². The van der Waals surface area contributed by atoms with Crippen LogP contribution in [0.1, 0.15) is 48.1 Å². The molecule has 2 amide bonds. The first-order chi connectivity index (χ1) is 20.5. The molecule has 5 rings (SSSR count). The summed E-state index contributed by atoms with van der Waals surface area (Å²) in [6.07, 6.45) is -0.956. The predicted molar refractivity (Wildman–Crippen MR) is 149 cm³/mol. The molecule has 0 radical (unpaired) electrons. The Bertz CT molecular complexity index is 1550. The van der Waals surface area contributed by atoms with Crippen LogP contribution in [-0.2, 0) is 6.42 Å². The van der Waals surface area contributed by atoms with Gasteiger partial charge in [-0.15, -0.1) is 0 Å². The number of nitrogens with zero attached hydrogens (tertiary/aromatic N) is 3. The van der Waals surface area contributed by atoms with Gasteiger partial charge >= 0.3 is 6.09 Å². The summed E-state index contributed by atoms with van der Waals surface area (Å²) in [6.45, 7) is 3.90. The van der Waals surface area contributed by atoms with E-state index in [0.717, 1.165) is 24.3 Å². The van der Waals surface area contributed by atoms with E-state index >= 15 is 0 Å². The Morgan fingerprint density at radius 1 is 1.12 bits per heavy atom. The minimum absolute atomic E-state index is 0.0580. The second-order valence-corrected chi connectivity index (χ2v) is 10.5. The molecule has 0 bridgehead atoms. The number of pyridine rings is 2. The molecular formula is C29H30F3N5O6. The van der Waals surface area contributed by atoms with Gasteiger partial charge in [0.25, 0.3) is 5.91 Å². The van der Waals surface area contributed by atoms with Crippen LogP contribution in [0, 0.1) is 23.4 Å². The minimum atomic E-state index is -1.31. The van der Waals surface area contributed by atoms with Crippen LogP contribution in [0.5, 0.6) is 5.75 Å². The number of fused-ring (bicyclic) bond motifs is 1. The monoisotopic (exact) mass is 601 g/mol. The number of carbonyl (C=O) groups excluding carboxylic acids is 1. The molecule has 14 heteroatoms. The molecule has 0 spiro atoms. The van der Waals surface area contributed by atoms with Crippen LogP contribution in [0.25, 0.3) is 11.3 Å². The summed E-state index contributed by atoms with van der Waals surface area (Å²) in [7, 11) is 0. The van der Waals surface area contributed by atoms with Crippen molar-refractivity contribution in [3.05, 3.63) is 64.9 Å². The number of nitrogens with one attached hydrogen (secondary N) is 2. The number of rotatable bonds is 7. The van der Waals surface area contributed by atoms with Crippen molar-refractivity contribution >= 4 is 23.4 Å². The van der Waals surface area contributed by atoms with E-state index < -0.39 is 59.0 Å². The van der Waals surface area contributed by atoms with Crippen molar-refractivity contribution in [3.8, 4) is 17.0 Å². The van der Waals surface area contributed by atoms with Gasteiger partial charge in [0.2, 0.25) is 0 Å². The summed E-state index contributed by atoms with van der Waals surface area (Å²) in [5, 5.41) is 35.4. The maximum absolute atomic E-state index is 14.8. The first-order valence-electron chi connectivity index (χ1n) is 13.7. The minimum Gasteiger partial charge on any atom is -0.494 e. The van der Waals surface area contributed by atoms with E-state index in [1.807, 2.05) is 0 Å². The number of halogens is 3. The molecule has 5 N–H and O–H groups in total. The van der Waals surface area contributed by atoms with Crippen molar-refractivity contribution in [1.29, 1.82) is 0 Å². The van der Waals surface area contributed by atoms with Gasteiger partial charge < -0.3 is 35.6 Å². The molecule has 1 fully saturated rings. The Labute approximate surface area is 244 Å². The molecule has 2 aliphatic rings. The van der Waals surface area contributed by atoms with Crippen LogP contribution in [0.3, 0.4) is 0 Å². The number of hydrogen-bond donors (Lipinski definition) is 5. The summed E-state index contributed by atoms with van der Waals surface area (Å²) >= 11 is 0. The van der Waals surface area contributed by atoms with Crippen molar-refractivity contribution in [3.63, 3.8) is 0 Å². The summed E-state index contributed by atoms with van der Waals surface area (Å²) in [6, 6.07) is 2.89. The third-order valence-electron chi connectivity index (χ3n) is 7.60. The first-order valence-corrected chi connectivity index (χ1v) is 13.7. The number of benzene rings is 1. The van der Waals surface area contributed by atoms with Crippen LogP contribution in [0.2, 0.25) is 0 Å². The van der Waals surface area contributed by atoms with Crippen LogP contribution in [-0.4, -0.2) is 69.1 Å². The molecule has 1 aliphatic carbocycles. The number of aliphatic hydroxyl groups excluding tert-OH is 2. The lowest BCUT2D eigenvalue weighted by Crippen LogP contribution is -2.58. The number of amides is 2. The van der Waals surface area contributed by atoms with Crippen LogP contribution < -0.4 is 20.3 Å². The quantitative estimate of drug-likeness (QED) is 0.273. The Morgan fingerprint density at radius 3 is 2.51 bits per heavy atom. The summed E-state index contributed by atoms with van der Waals surface area (Å²) in [5.74, 6) is -4.59. The molecule has 11 nitrogen and oxygen atoms in total. The fourth-order valence-electron chi connectivity index (χ4n) is 5.66. The first kappa shape index (κ1) is 30.0. The lowest BCUT2D eigenvalue weighted by atomic mass is 9.91. The molecule has 1 aromatic carbocycles. The van der Waals surface area contributed by atoms with Gasteiger partial charge in [-0.2, -0.15) is 0 Å². The maximum Gasteiger partial charge on any atom is 0.405 e. The van der Waals surface area contributed by atoms with Gasteiger partial charge in [0.15, 0.2) is 0 Å². The summed E-state index contributed by atoms with van der Waals surface area (Å²) in [4.78, 5) is 34.9. The standard InChI is InChI=1S/C29H30F3N5O6/c1-3-43-14-8-17(31)23(18(32)9-14)25-16(30)5-6-19(34-25)28(40)35-20-10-33-24-15(4-7-22(24)38)26(20)37-11-13(2)27(39)21(12-37)36-29(41)42/h5-6,8-10,13,21-22,27,36,38-39H,3-4,7,11-12H2,1-2H3,(H,35,40)(H,41,42)/t13-,21+,22?,27+/m0/s1. The number of aliphatic hydroxyl groups is 2. The normalized spacial score (nSPS) is 21.3. The zero-order chi connectivity index (χ0) is 31.0. The fraction of sp³-hybridized carbons (Fsp3) is 0.379. The van der Waals surface area contributed by atoms with Gasteiger partial charge in [-0.3, -0.25) is 9.78 Å². The number of anilines is 2. The van der Waals surface area contributed by atoms with Crippen molar-refractivity contribution in [2.75, 3.05) is 29.9 Å². The average molecular weight is 602 g/mol. The molecule has 1 aliphatic heterocycles. The Hall–Kier alpha value is -4.43. The average Bonchev–Trinajstić information content (AvgIpc) is 3.32. The Kier molecular flexibility index (Phi) is 8.42. The summed E-state index contributed by atoms with van der Waals surface area (Å²) < 4.78 is 49.6. The third-order valence-corrected chi connectivity index (χ3v) is 7.60. The number of piperidine rings is 1. The van der Waals surface area contributed by atoms with Gasteiger partial charge in [-0.1, -0.05) is 6.92 Å². The number of carboxylic acid groups (broad SMARTS) is 1. The number of hydrogen-bond acceptors (Lipinski definition) is 8. The number of carbonyl (C=O) groups is 2. The highest BCUT2D eigenvalue weighted by atomic mass is 19.1. The molecule has 0 saturated carbocycles. The highest BCUT2D eigenvalue weighted by Crippen LogP contribution is 2.42. The molecule has 1 saturated heterocycles. The molecule has 228 valence electrons. The second-order valence-electron chi connectivity index (χ2n) is 10.5. The highest BCUT2D eigenvalue weighted by molar-refractivity contribution is 6.05. The topological polar surface area (TPSA) is 157 Å². The van der Waals surface area contributed by atoms with Crippen molar-refractivity contribution in [2.24, 2.45) is 5.92 Å². The molecular weight excluding hydrogens is 571 g/mol.